The molecule has 0 aromatic carbocycles. The Hall–Kier alpha value is -0.570. The monoisotopic (exact) mass is 241 g/mol. The van der Waals surface area contributed by atoms with Gasteiger partial charge in [0.1, 0.15) is 11.6 Å². The smallest absolute Gasteiger partial charge is 0.148 e. The molecular formula is C12H20ClN3. The van der Waals surface area contributed by atoms with Gasteiger partial charge in [0.05, 0.1) is 5.88 Å². The van der Waals surface area contributed by atoms with Crippen molar-refractivity contribution in [3.63, 3.8) is 0 Å². The maximum Gasteiger partial charge on any atom is 0.148 e. The molecule has 0 aliphatic heterocycles. The number of hydrogen-bond donors (Lipinski definition) is 0. The second kappa shape index (κ2) is 4.36. The summed E-state index contributed by atoms with van der Waals surface area (Å²) in [6.07, 6.45) is 5.05. The Kier molecular flexibility index (Phi) is 3.24. The summed E-state index contributed by atoms with van der Waals surface area (Å²) in [6, 6.07) is 0.385. The molecule has 0 spiro atoms. The Morgan fingerprint density at radius 1 is 1.31 bits per heavy atom. The number of hydrogen-bond acceptors (Lipinski definition) is 2. The van der Waals surface area contributed by atoms with Crippen LogP contribution in [0.1, 0.15) is 64.1 Å². The normalized spacial score (nSPS) is 19.6. The van der Waals surface area contributed by atoms with Gasteiger partial charge in [0.25, 0.3) is 0 Å². The minimum Gasteiger partial charge on any atom is -0.311 e. The quantitative estimate of drug-likeness (QED) is 0.760. The average Bonchev–Trinajstić information content (AvgIpc) is 2.83. The third-order valence-corrected chi connectivity index (χ3v) is 3.89. The van der Waals surface area contributed by atoms with Crippen LogP contribution in [0.15, 0.2) is 0 Å². The highest BCUT2D eigenvalue weighted by Gasteiger charge is 2.36. The Morgan fingerprint density at radius 2 is 1.94 bits per heavy atom. The van der Waals surface area contributed by atoms with Crippen LogP contribution in [0, 0.1) is 0 Å². The van der Waals surface area contributed by atoms with Crippen LogP contribution in [-0.4, -0.2) is 14.8 Å². The molecule has 1 saturated carbocycles. The van der Waals surface area contributed by atoms with Crippen LogP contribution in [0.25, 0.3) is 0 Å². The van der Waals surface area contributed by atoms with Crippen molar-refractivity contribution in [2.24, 2.45) is 0 Å². The van der Waals surface area contributed by atoms with E-state index in [9.17, 15) is 0 Å². The number of aromatic nitrogens is 3. The first-order valence-corrected chi connectivity index (χ1v) is 6.62. The van der Waals surface area contributed by atoms with E-state index in [-0.39, 0.29) is 5.41 Å². The molecule has 0 bridgehead atoms. The third kappa shape index (κ3) is 1.86. The van der Waals surface area contributed by atoms with Crippen molar-refractivity contribution in [1.82, 2.24) is 14.8 Å². The summed E-state index contributed by atoms with van der Waals surface area (Å²) >= 11 is 5.92. The highest BCUT2D eigenvalue weighted by Crippen LogP contribution is 2.40. The molecule has 1 heterocycles. The molecule has 0 N–H and O–H groups in total. The van der Waals surface area contributed by atoms with Gasteiger partial charge in [-0.25, -0.2) is 0 Å². The van der Waals surface area contributed by atoms with Gasteiger partial charge in [-0.05, 0) is 26.7 Å². The van der Waals surface area contributed by atoms with Gasteiger partial charge < -0.3 is 4.57 Å². The van der Waals surface area contributed by atoms with Gasteiger partial charge in [-0.2, -0.15) is 0 Å². The Morgan fingerprint density at radius 3 is 2.44 bits per heavy atom. The molecule has 0 unspecified atom stereocenters. The van der Waals surface area contributed by atoms with Crippen LogP contribution in [-0.2, 0) is 11.3 Å². The predicted molar refractivity (Wildman–Crippen MR) is 65.8 cm³/mol. The zero-order valence-electron chi connectivity index (χ0n) is 10.3. The van der Waals surface area contributed by atoms with Crippen LogP contribution in [0.2, 0.25) is 0 Å². The number of alkyl halides is 1. The maximum absolute atomic E-state index is 5.92. The molecule has 16 heavy (non-hydrogen) atoms. The lowest BCUT2D eigenvalue weighted by Crippen LogP contribution is -2.24. The molecule has 90 valence electrons. The van der Waals surface area contributed by atoms with Crippen LogP contribution >= 0.6 is 11.6 Å². The van der Waals surface area contributed by atoms with Crippen molar-refractivity contribution in [3.8, 4) is 0 Å². The van der Waals surface area contributed by atoms with E-state index in [1.54, 1.807) is 0 Å². The molecule has 1 aromatic rings. The number of nitrogens with zero attached hydrogens (tertiary/aromatic N) is 3. The molecular weight excluding hydrogens is 222 g/mol. The predicted octanol–water partition coefficient (Wildman–Crippen LogP) is 3.43. The van der Waals surface area contributed by atoms with E-state index in [4.69, 9.17) is 11.6 Å². The number of rotatable bonds is 3. The fourth-order valence-corrected chi connectivity index (χ4v) is 2.93. The van der Waals surface area contributed by atoms with Crippen molar-refractivity contribution < 1.29 is 0 Å². The topological polar surface area (TPSA) is 30.7 Å². The molecule has 1 aromatic heterocycles. The molecule has 1 fully saturated rings. The van der Waals surface area contributed by atoms with Crippen LogP contribution in [0.5, 0.6) is 0 Å². The zero-order valence-corrected chi connectivity index (χ0v) is 11.1. The number of halogens is 1. The Labute approximate surface area is 102 Å². The molecule has 3 nitrogen and oxygen atoms in total. The summed E-state index contributed by atoms with van der Waals surface area (Å²) in [6.45, 7) is 6.64. The molecule has 0 radical (unpaired) electrons. The van der Waals surface area contributed by atoms with Gasteiger partial charge in [-0.15, -0.1) is 21.8 Å². The van der Waals surface area contributed by atoms with Crippen molar-refractivity contribution in [3.05, 3.63) is 11.6 Å². The third-order valence-electron chi connectivity index (χ3n) is 3.65. The van der Waals surface area contributed by atoms with Gasteiger partial charge in [0.2, 0.25) is 0 Å². The molecule has 2 rings (SSSR count). The fourth-order valence-electron chi connectivity index (χ4n) is 2.75. The van der Waals surface area contributed by atoms with E-state index in [1.165, 1.54) is 25.7 Å². The first kappa shape index (κ1) is 11.9. The van der Waals surface area contributed by atoms with Crippen LogP contribution in [0.4, 0.5) is 0 Å². The summed E-state index contributed by atoms with van der Waals surface area (Å²) in [4.78, 5) is 0. The van der Waals surface area contributed by atoms with Crippen molar-refractivity contribution in [1.29, 1.82) is 0 Å². The molecule has 0 amide bonds. The SMILES string of the molecule is CC(C)n1c(CCl)nnc1C1(C)CCCC1. The van der Waals surface area contributed by atoms with E-state index >= 15 is 0 Å². The molecule has 1 aliphatic carbocycles. The summed E-state index contributed by atoms with van der Waals surface area (Å²) < 4.78 is 2.22. The molecule has 0 saturated heterocycles. The largest absolute Gasteiger partial charge is 0.311 e. The van der Waals surface area contributed by atoms with E-state index in [0.717, 1.165) is 11.6 Å². The van der Waals surface area contributed by atoms with E-state index in [2.05, 4.69) is 35.5 Å². The van der Waals surface area contributed by atoms with Gasteiger partial charge >= 0.3 is 0 Å². The van der Waals surface area contributed by atoms with Crippen LogP contribution < -0.4 is 0 Å². The zero-order chi connectivity index (χ0) is 11.8. The van der Waals surface area contributed by atoms with Crippen LogP contribution in [0.3, 0.4) is 0 Å². The lowest BCUT2D eigenvalue weighted by Gasteiger charge is -2.25. The van der Waals surface area contributed by atoms with E-state index in [1.807, 2.05) is 0 Å². The average molecular weight is 242 g/mol. The Bertz CT molecular complexity index is 364. The standard InChI is InChI=1S/C12H20ClN3/c1-9(2)16-10(8-13)14-15-11(16)12(3)6-4-5-7-12/h9H,4-8H2,1-3H3. The molecule has 1 aliphatic rings. The highest BCUT2D eigenvalue weighted by molar-refractivity contribution is 6.16. The van der Waals surface area contributed by atoms with Gasteiger partial charge in [0, 0.05) is 11.5 Å². The second-order valence-corrected chi connectivity index (χ2v) is 5.57. The van der Waals surface area contributed by atoms with Crippen molar-refractivity contribution >= 4 is 11.6 Å². The highest BCUT2D eigenvalue weighted by atomic mass is 35.5. The van der Waals surface area contributed by atoms with Crippen molar-refractivity contribution in [2.45, 2.75) is 63.8 Å². The van der Waals surface area contributed by atoms with E-state index < -0.39 is 0 Å². The second-order valence-electron chi connectivity index (χ2n) is 5.30. The first-order valence-electron chi connectivity index (χ1n) is 6.09. The Balaban J connectivity index is 2.44. The molecule has 4 heteroatoms. The van der Waals surface area contributed by atoms with E-state index in [0.29, 0.717) is 11.9 Å². The van der Waals surface area contributed by atoms with Gasteiger partial charge in [-0.1, -0.05) is 19.8 Å². The molecule has 0 atom stereocenters. The minimum atomic E-state index is 0.210. The lowest BCUT2D eigenvalue weighted by atomic mass is 9.87. The maximum atomic E-state index is 5.92. The van der Waals surface area contributed by atoms with Gasteiger partial charge in [-0.3, -0.25) is 0 Å². The fraction of sp³-hybridized carbons (Fsp3) is 0.833. The summed E-state index contributed by atoms with van der Waals surface area (Å²) in [5.41, 5.74) is 0.210. The van der Waals surface area contributed by atoms with Gasteiger partial charge in [0.15, 0.2) is 0 Å². The summed E-state index contributed by atoms with van der Waals surface area (Å²) in [5.74, 6) is 2.48. The lowest BCUT2D eigenvalue weighted by molar-refractivity contribution is 0.410. The minimum absolute atomic E-state index is 0.210. The summed E-state index contributed by atoms with van der Waals surface area (Å²) in [7, 11) is 0. The first-order chi connectivity index (χ1) is 7.58. The van der Waals surface area contributed by atoms with Crippen molar-refractivity contribution in [2.75, 3.05) is 0 Å². The summed E-state index contributed by atoms with van der Waals surface area (Å²) in [5, 5.41) is 8.62.